The lowest BCUT2D eigenvalue weighted by Crippen LogP contribution is -2.47. The molecule has 0 aromatic rings. The van der Waals surface area contributed by atoms with Crippen LogP contribution in [0.15, 0.2) is 0 Å². The van der Waals surface area contributed by atoms with E-state index < -0.39 is 0 Å². The molecule has 3 heteroatoms. The van der Waals surface area contributed by atoms with Gasteiger partial charge in [-0.05, 0) is 46.5 Å². The average molecular weight is 254 g/mol. The van der Waals surface area contributed by atoms with Crippen LogP contribution in [0.3, 0.4) is 0 Å². The highest BCUT2D eigenvalue weighted by Gasteiger charge is 2.27. The monoisotopic (exact) mass is 254 g/mol. The average Bonchev–Trinajstić information content (AvgIpc) is 2.33. The number of ether oxygens (including phenoxy) is 1. The van der Waals surface area contributed by atoms with Crippen molar-refractivity contribution in [3.8, 4) is 6.07 Å². The molecule has 0 fully saturated rings. The number of hydrogen-bond donors (Lipinski definition) is 1. The fraction of sp³-hybridized carbons (Fsp3) is 0.933. The van der Waals surface area contributed by atoms with Gasteiger partial charge in [0, 0.05) is 12.6 Å². The van der Waals surface area contributed by atoms with Crippen LogP contribution in [0.5, 0.6) is 0 Å². The zero-order valence-electron chi connectivity index (χ0n) is 12.8. The lowest BCUT2D eigenvalue weighted by molar-refractivity contribution is 0.0543. The molecule has 0 radical (unpaired) electrons. The van der Waals surface area contributed by atoms with Crippen molar-refractivity contribution >= 4 is 0 Å². The quantitative estimate of drug-likeness (QED) is 0.605. The van der Waals surface area contributed by atoms with Crippen LogP contribution < -0.4 is 5.32 Å². The molecule has 0 aliphatic heterocycles. The van der Waals surface area contributed by atoms with Crippen LogP contribution in [-0.2, 0) is 4.74 Å². The van der Waals surface area contributed by atoms with Crippen molar-refractivity contribution in [2.24, 2.45) is 0 Å². The Labute approximate surface area is 113 Å². The molecule has 106 valence electrons. The summed E-state index contributed by atoms with van der Waals surface area (Å²) in [5, 5.41) is 12.8. The number of rotatable bonds is 10. The Morgan fingerprint density at radius 1 is 1.28 bits per heavy atom. The van der Waals surface area contributed by atoms with Crippen molar-refractivity contribution in [2.45, 2.75) is 84.4 Å². The Bertz CT molecular complexity index is 247. The summed E-state index contributed by atoms with van der Waals surface area (Å²) < 4.78 is 5.73. The Kier molecular flexibility index (Phi) is 9.05. The van der Waals surface area contributed by atoms with Gasteiger partial charge in [0.1, 0.15) is 5.54 Å². The molecule has 3 nitrogen and oxygen atoms in total. The summed E-state index contributed by atoms with van der Waals surface area (Å²) in [6, 6.07) is 2.78. The topological polar surface area (TPSA) is 45.0 Å². The van der Waals surface area contributed by atoms with Gasteiger partial charge in [0.05, 0.1) is 12.2 Å². The highest BCUT2D eigenvalue weighted by Crippen LogP contribution is 2.18. The maximum absolute atomic E-state index is 9.36. The predicted molar refractivity (Wildman–Crippen MR) is 76.5 cm³/mol. The third-order valence-corrected chi connectivity index (χ3v) is 3.23. The minimum atomic E-state index is -0.383. The molecule has 0 saturated carbocycles. The Balaban J connectivity index is 4.02. The van der Waals surface area contributed by atoms with Gasteiger partial charge in [0.25, 0.3) is 0 Å². The van der Waals surface area contributed by atoms with Gasteiger partial charge >= 0.3 is 0 Å². The molecular formula is C15H30N2O. The van der Waals surface area contributed by atoms with Gasteiger partial charge in [-0.1, -0.05) is 20.3 Å². The van der Waals surface area contributed by atoms with Gasteiger partial charge in [-0.25, -0.2) is 0 Å². The van der Waals surface area contributed by atoms with E-state index in [4.69, 9.17) is 4.74 Å². The lowest BCUT2D eigenvalue weighted by atomic mass is 9.91. The van der Waals surface area contributed by atoms with Gasteiger partial charge in [-0.2, -0.15) is 5.26 Å². The molecule has 1 N–H and O–H groups in total. The van der Waals surface area contributed by atoms with Crippen molar-refractivity contribution in [2.75, 3.05) is 6.61 Å². The van der Waals surface area contributed by atoms with E-state index in [1.807, 2.05) is 0 Å². The van der Waals surface area contributed by atoms with E-state index in [-0.39, 0.29) is 5.54 Å². The Morgan fingerprint density at radius 3 is 2.39 bits per heavy atom. The van der Waals surface area contributed by atoms with Crippen LogP contribution in [0.1, 0.15) is 66.7 Å². The predicted octanol–water partition coefficient (Wildman–Crippen LogP) is 3.64. The molecule has 2 unspecified atom stereocenters. The number of nitrogens with one attached hydrogen (secondary N) is 1. The summed E-state index contributed by atoms with van der Waals surface area (Å²) in [7, 11) is 0. The van der Waals surface area contributed by atoms with E-state index in [1.165, 1.54) is 0 Å². The van der Waals surface area contributed by atoms with Gasteiger partial charge in [-0.15, -0.1) is 0 Å². The van der Waals surface area contributed by atoms with E-state index in [1.54, 1.807) is 0 Å². The van der Waals surface area contributed by atoms with Crippen molar-refractivity contribution in [1.29, 1.82) is 5.26 Å². The van der Waals surface area contributed by atoms with Gasteiger partial charge in [0.2, 0.25) is 0 Å². The first-order valence-electron chi connectivity index (χ1n) is 7.30. The first-order valence-corrected chi connectivity index (χ1v) is 7.30. The molecule has 0 spiro atoms. The zero-order valence-corrected chi connectivity index (χ0v) is 12.8. The minimum absolute atomic E-state index is 0.338. The number of hydrogen-bond acceptors (Lipinski definition) is 3. The van der Waals surface area contributed by atoms with E-state index >= 15 is 0 Å². The summed E-state index contributed by atoms with van der Waals surface area (Å²) in [5.41, 5.74) is -0.383. The molecule has 0 aromatic heterocycles. The second-order valence-corrected chi connectivity index (χ2v) is 5.42. The fourth-order valence-electron chi connectivity index (χ4n) is 2.22. The first-order chi connectivity index (χ1) is 8.49. The summed E-state index contributed by atoms with van der Waals surface area (Å²) >= 11 is 0. The molecule has 0 aromatic carbocycles. The molecule has 0 rings (SSSR count). The van der Waals surface area contributed by atoms with Crippen LogP contribution >= 0.6 is 0 Å². The summed E-state index contributed by atoms with van der Waals surface area (Å²) in [6.45, 7) is 11.3. The van der Waals surface area contributed by atoms with E-state index in [2.05, 4.69) is 46.0 Å². The standard InChI is InChI=1S/C15H30N2O/c1-6-9-14(5)18-11-8-10-15(7-2,12-16)17-13(3)4/h13-14,17H,6-11H2,1-5H3. The highest BCUT2D eigenvalue weighted by molar-refractivity contribution is 5.06. The smallest absolute Gasteiger partial charge is 0.106 e. The number of nitriles is 1. The third kappa shape index (κ3) is 6.98. The molecule has 0 bridgehead atoms. The Hall–Kier alpha value is -0.590. The Morgan fingerprint density at radius 2 is 1.94 bits per heavy atom. The van der Waals surface area contributed by atoms with Crippen LogP contribution in [0.2, 0.25) is 0 Å². The lowest BCUT2D eigenvalue weighted by Gasteiger charge is -2.29. The fourth-order valence-corrected chi connectivity index (χ4v) is 2.22. The molecule has 18 heavy (non-hydrogen) atoms. The van der Waals surface area contributed by atoms with Crippen molar-refractivity contribution in [3.63, 3.8) is 0 Å². The maximum atomic E-state index is 9.36. The zero-order chi connectivity index (χ0) is 14.0. The van der Waals surface area contributed by atoms with E-state index in [0.29, 0.717) is 12.1 Å². The molecule has 0 aliphatic carbocycles. The molecular weight excluding hydrogens is 224 g/mol. The summed E-state index contributed by atoms with van der Waals surface area (Å²) in [4.78, 5) is 0. The normalized spacial score (nSPS) is 16.3. The molecule has 0 aliphatic rings. The third-order valence-electron chi connectivity index (χ3n) is 3.23. The van der Waals surface area contributed by atoms with Gasteiger partial charge in [-0.3, -0.25) is 5.32 Å². The van der Waals surface area contributed by atoms with Crippen molar-refractivity contribution in [3.05, 3.63) is 0 Å². The van der Waals surface area contributed by atoms with Gasteiger partial charge < -0.3 is 4.74 Å². The van der Waals surface area contributed by atoms with Crippen LogP contribution in [0.4, 0.5) is 0 Å². The minimum Gasteiger partial charge on any atom is -0.379 e. The second-order valence-electron chi connectivity index (χ2n) is 5.42. The summed E-state index contributed by atoms with van der Waals surface area (Å²) in [6.07, 6.45) is 5.25. The molecule has 0 amide bonds. The van der Waals surface area contributed by atoms with E-state index in [0.717, 1.165) is 38.7 Å². The van der Waals surface area contributed by atoms with Crippen molar-refractivity contribution in [1.82, 2.24) is 5.32 Å². The highest BCUT2D eigenvalue weighted by atomic mass is 16.5. The summed E-state index contributed by atoms with van der Waals surface area (Å²) in [5.74, 6) is 0. The largest absolute Gasteiger partial charge is 0.379 e. The molecule has 2 atom stereocenters. The van der Waals surface area contributed by atoms with Crippen LogP contribution in [0.25, 0.3) is 0 Å². The van der Waals surface area contributed by atoms with Crippen molar-refractivity contribution < 1.29 is 4.74 Å². The van der Waals surface area contributed by atoms with Crippen LogP contribution in [0, 0.1) is 11.3 Å². The number of nitrogens with zero attached hydrogens (tertiary/aromatic N) is 1. The van der Waals surface area contributed by atoms with Crippen LogP contribution in [-0.4, -0.2) is 24.3 Å². The van der Waals surface area contributed by atoms with Gasteiger partial charge in [0.15, 0.2) is 0 Å². The molecule has 0 heterocycles. The second kappa shape index (κ2) is 9.35. The first kappa shape index (κ1) is 17.4. The molecule has 0 saturated heterocycles. The maximum Gasteiger partial charge on any atom is 0.106 e. The van der Waals surface area contributed by atoms with E-state index in [9.17, 15) is 5.26 Å². The SMILES string of the molecule is CCCC(C)OCCCC(C#N)(CC)NC(C)C.